The number of hydrogen-bond acceptors (Lipinski definition) is 4. The van der Waals surface area contributed by atoms with Crippen molar-refractivity contribution in [2.24, 2.45) is 11.1 Å². The van der Waals surface area contributed by atoms with E-state index in [9.17, 15) is 4.79 Å². The summed E-state index contributed by atoms with van der Waals surface area (Å²) in [5.74, 6) is 0.330. The molecule has 0 spiro atoms. The maximum Gasteiger partial charge on any atom is 0.354 e. The van der Waals surface area contributed by atoms with Crippen LogP contribution in [0.5, 0.6) is 0 Å². The van der Waals surface area contributed by atoms with Gasteiger partial charge >= 0.3 is 5.97 Å². The van der Waals surface area contributed by atoms with Crippen molar-refractivity contribution in [3.8, 4) is 0 Å². The van der Waals surface area contributed by atoms with Crippen molar-refractivity contribution < 1.29 is 14.4 Å². The molecule has 2 unspecified atom stereocenters. The molecule has 0 aromatic carbocycles. The molecule has 16 heavy (non-hydrogen) atoms. The first-order chi connectivity index (χ1) is 7.70. The average Bonchev–Trinajstić information content (AvgIpc) is 2.81. The van der Waals surface area contributed by atoms with Gasteiger partial charge in [-0.25, -0.2) is 4.79 Å². The van der Waals surface area contributed by atoms with Crippen LogP contribution in [0.25, 0.3) is 0 Å². The molecule has 0 amide bonds. The molecule has 0 radical (unpaired) electrons. The van der Waals surface area contributed by atoms with Gasteiger partial charge in [-0.1, -0.05) is 5.16 Å². The Morgan fingerprint density at radius 3 is 3.31 bits per heavy atom. The molecule has 1 saturated carbocycles. The molecule has 2 rings (SSSR count). The van der Waals surface area contributed by atoms with Crippen LogP contribution in [-0.2, 0) is 14.4 Å². The van der Waals surface area contributed by atoms with E-state index in [0.29, 0.717) is 25.3 Å². The number of alkyl halides is 1. The molecule has 0 N–H and O–H groups in total. The number of carbonyl (C=O) groups excluding carboxylic acids is 1. The van der Waals surface area contributed by atoms with E-state index in [1.807, 2.05) is 6.92 Å². The fourth-order valence-corrected chi connectivity index (χ4v) is 2.58. The van der Waals surface area contributed by atoms with Crippen molar-refractivity contribution in [2.45, 2.75) is 38.2 Å². The Bertz CT molecular complexity index is 318. The molecular formula is C11H16ClNO3. The summed E-state index contributed by atoms with van der Waals surface area (Å²) in [5, 5.41) is 3.93. The first-order valence-corrected chi connectivity index (χ1v) is 6.20. The van der Waals surface area contributed by atoms with E-state index in [2.05, 4.69) is 5.16 Å². The maximum atomic E-state index is 12.0. The Kier molecular flexibility index (Phi) is 3.38. The molecule has 5 heteroatoms. The molecular weight excluding hydrogens is 230 g/mol. The Labute approximate surface area is 99.9 Å². The molecule has 0 aromatic heterocycles. The summed E-state index contributed by atoms with van der Waals surface area (Å²) in [6, 6.07) is 0. The Morgan fingerprint density at radius 2 is 2.56 bits per heavy atom. The van der Waals surface area contributed by atoms with E-state index in [1.54, 1.807) is 0 Å². The van der Waals surface area contributed by atoms with Gasteiger partial charge in [-0.2, -0.15) is 0 Å². The van der Waals surface area contributed by atoms with E-state index in [1.165, 1.54) is 0 Å². The Morgan fingerprint density at radius 1 is 1.75 bits per heavy atom. The minimum atomic E-state index is -0.823. The number of hydrogen-bond donors (Lipinski definition) is 0. The number of carbonyl (C=O) groups is 1. The summed E-state index contributed by atoms with van der Waals surface area (Å²) in [5.41, 5.74) is 0.0860. The Balaban J connectivity index is 2.00. The minimum Gasteiger partial charge on any atom is -0.463 e. The van der Waals surface area contributed by atoms with Crippen LogP contribution in [0.1, 0.15) is 32.6 Å². The number of rotatable bonds is 4. The topological polar surface area (TPSA) is 47.9 Å². The van der Waals surface area contributed by atoms with Crippen molar-refractivity contribution in [3.63, 3.8) is 0 Å². The molecule has 0 aromatic rings. The molecule has 90 valence electrons. The summed E-state index contributed by atoms with van der Waals surface area (Å²) in [4.78, 5) is 17.4. The molecule has 1 heterocycles. The first-order valence-electron chi connectivity index (χ1n) is 5.66. The van der Waals surface area contributed by atoms with Gasteiger partial charge in [-0.15, -0.1) is 11.6 Å². The Hall–Kier alpha value is -0.770. The molecule has 2 aliphatic rings. The second-order valence-electron chi connectivity index (χ2n) is 4.34. The zero-order valence-electron chi connectivity index (χ0n) is 9.37. The van der Waals surface area contributed by atoms with Crippen molar-refractivity contribution in [1.82, 2.24) is 0 Å². The summed E-state index contributed by atoms with van der Waals surface area (Å²) in [7, 11) is 0. The normalized spacial score (nSPS) is 31.9. The fraction of sp³-hybridized carbons (Fsp3) is 0.818. The van der Waals surface area contributed by atoms with Crippen molar-refractivity contribution >= 4 is 23.3 Å². The van der Waals surface area contributed by atoms with Gasteiger partial charge in [-0.3, -0.25) is 0 Å². The van der Waals surface area contributed by atoms with Crippen LogP contribution in [0, 0.1) is 5.92 Å². The van der Waals surface area contributed by atoms with Gasteiger partial charge in [-0.05, 0) is 26.2 Å². The highest BCUT2D eigenvalue weighted by Gasteiger charge is 2.57. The molecule has 1 aliphatic carbocycles. The van der Waals surface area contributed by atoms with E-state index in [0.717, 1.165) is 18.6 Å². The van der Waals surface area contributed by atoms with Gasteiger partial charge in [0.05, 0.1) is 18.2 Å². The monoisotopic (exact) mass is 245 g/mol. The van der Waals surface area contributed by atoms with Crippen molar-refractivity contribution in [1.29, 1.82) is 0 Å². The summed E-state index contributed by atoms with van der Waals surface area (Å²) >= 11 is 5.53. The highest BCUT2D eigenvalue weighted by molar-refractivity contribution is 6.17. The molecule has 1 fully saturated rings. The quantitative estimate of drug-likeness (QED) is 0.433. The second kappa shape index (κ2) is 4.62. The molecule has 0 bridgehead atoms. The van der Waals surface area contributed by atoms with Gasteiger partial charge in [0.15, 0.2) is 0 Å². The van der Waals surface area contributed by atoms with E-state index >= 15 is 0 Å². The average molecular weight is 246 g/mol. The molecule has 1 aliphatic heterocycles. The SMILES string of the molecule is CC1=NOC2(C(=O)OCCCCl)CCCC12. The van der Waals surface area contributed by atoms with Crippen molar-refractivity contribution in [2.75, 3.05) is 12.5 Å². The van der Waals surface area contributed by atoms with Crippen LogP contribution in [0.4, 0.5) is 0 Å². The lowest BCUT2D eigenvalue weighted by atomic mass is 9.88. The highest BCUT2D eigenvalue weighted by atomic mass is 35.5. The van der Waals surface area contributed by atoms with Crippen LogP contribution < -0.4 is 0 Å². The van der Waals surface area contributed by atoms with E-state index in [-0.39, 0.29) is 11.9 Å². The van der Waals surface area contributed by atoms with Crippen LogP contribution in [0.15, 0.2) is 5.16 Å². The molecule has 2 atom stereocenters. The van der Waals surface area contributed by atoms with Crippen LogP contribution >= 0.6 is 11.6 Å². The third-order valence-electron chi connectivity index (χ3n) is 3.32. The largest absolute Gasteiger partial charge is 0.463 e. The van der Waals surface area contributed by atoms with Crippen LogP contribution in [-0.4, -0.2) is 29.8 Å². The number of halogens is 1. The third-order valence-corrected chi connectivity index (χ3v) is 3.58. The standard InChI is InChI=1S/C11H16ClNO3/c1-8-9-4-2-5-11(9,16-13-8)10(14)15-7-3-6-12/h9H,2-7H2,1H3. The lowest BCUT2D eigenvalue weighted by Gasteiger charge is -2.24. The predicted octanol–water partition coefficient (Wildman–Crippen LogP) is 2.10. The maximum absolute atomic E-state index is 12.0. The zero-order valence-corrected chi connectivity index (χ0v) is 10.1. The zero-order chi connectivity index (χ0) is 11.6. The predicted molar refractivity (Wildman–Crippen MR) is 60.6 cm³/mol. The third kappa shape index (κ3) is 1.79. The van der Waals surface area contributed by atoms with E-state index in [4.69, 9.17) is 21.2 Å². The number of esters is 1. The minimum absolute atomic E-state index is 0.107. The fourth-order valence-electron chi connectivity index (χ4n) is 2.47. The van der Waals surface area contributed by atoms with E-state index < -0.39 is 5.60 Å². The van der Waals surface area contributed by atoms with Crippen molar-refractivity contribution in [3.05, 3.63) is 0 Å². The lowest BCUT2D eigenvalue weighted by Crippen LogP contribution is -2.43. The lowest BCUT2D eigenvalue weighted by molar-refractivity contribution is -0.171. The summed E-state index contributed by atoms with van der Waals surface area (Å²) in [6.07, 6.45) is 3.33. The van der Waals surface area contributed by atoms with Gasteiger partial charge in [0.1, 0.15) is 0 Å². The number of ether oxygens (including phenoxy) is 1. The number of oxime groups is 1. The molecule has 4 nitrogen and oxygen atoms in total. The highest BCUT2D eigenvalue weighted by Crippen LogP contribution is 2.44. The van der Waals surface area contributed by atoms with Gasteiger partial charge < -0.3 is 9.57 Å². The smallest absolute Gasteiger partial charge is 0.354 e. The number of nitrogens with zero attached hydrogens (tertiary/aromatic N) is 1. The number of fused-ring (bicyclic) bond motifs is 1. The summed E-state index contributed by atoms with van der Waals surface area (Å²) in [6.45, 7) is 2.27. The molecule has 0 saturated heterocycles. The van der Waals surface area contributed by atoms with Gasteiger partial charge in [0.2, 0.25) is 5.60 Å². The summed E-state index contributed by atoms with van der Waals surface area (Å²) < 4.78 is 5.20. The van der Waals surface area contributed by atoms with Crippen LogP contribution in [0.2, 0.25) is 0 Å². The second-order valence-corrected chi connectivity index (χ2v) is 4.71. The first kappa shape index (κ1) is 11.7. The van der Waals surface area contributed by atoms with Gasteiger partial charge in [0, 0.05) is 12.3 Å². The van der Waals surface area contributed by atoms with Crippen LogP contribution in [0.3, 0.4) is 0 Å². The van der Waals surface area contributed by atoms with Gasteiger partial charge in [0.25, 0.3) is 0 Å².